The van der Waals surface area contributed by atoms with Gasteiger partial charge in [0.1, 0.15) is 5.75 Å². The van der Waals surface area contributed by atoms with Crippen molar-refractivity contribution in [3.63, 3.8) is 0 Å². The van der Waals surface area contributed by atoms with Crippen molar-refractivity contribution in [3.05, 3.63) is 66.8 Å². The largest absolute Gasteiger partial charge is 0.493 e. The van der Waals surface area contributed by atoms with Gasteiger partial charge in [0, 0.05) is 0 Å². The van der Waals surface area contributed by atoms with Crippen LogP contribution in [0.4, 0.5) is 4.39 Å². The van der Waals surface area contributed by atoms with Crippen molar-refractivity contribution in [1.29, 1.82) is 0 Å². The number of carbonyl (C=O) groups excluding carboxylic acids is 1. The second kappa shape index (κ2) is 9.93. The Morgan fingerprint density at radius 2 is 2.00 bits per heavy atom. The van der Waals surface area contributed by atoms with Crippen molar-refractivity contribution >= 4 is 15.7 Å². The summed E-state index contributed by atoms with van der Waals surface area (Å²) in [6, 6.07) is 9.38. The number of hydrogen-bond acceptors (Lipinski definition) is 7. The van der Waals surface area contributed by atoms with E-state index in [4.69, 9.17) is 9.94 Å². The van der Waals surface area contributed by atoms with Crippen LogP contribution in [0.15, 0.2) is 60.0 Å². The lowest BCUT2D eigenvalue weighted by atomic mass is 10.3. The van der Waals surface area contributed by atoms with Gasteiger partial charge in [-0.3, -0.25) is 15.3 Å². The van der Waals surface area contributed by atoms with Crippen molar-refractivity contribution < 1.29 is 27.5 Å². The molecule has 1 unspecified atom stereocenters. The standard InChI is InChI=1S/C18H20FN3O5S/c1-2-3-11-27-13-7-9-14(10-8-13)28(25,26)18(20-12-17(23)22-24)15-5-4-6-16(19)21-15/h2,4-10,18,20,24H,1,3,11-12H2,(H,22,23). The maximum absolute atomic E-state index is 13.5. The number of rotatable bonds is 10. The molecule has 0 aliphatic heterocycles. The Kier molecular flexibility index (Phi) is 7.61. The van der Waals surface area contributed by atoms with Crippen LogP contribution in [0.3, 0.4) is 0 Å². The van der Waals surface area contributed by atoms with Crippen LogP contribution in [0, 0.1) is 5.95 Å². The van der Waals surface area contributed by atoms with E-state index < -0.39 is 33.6 Å². The summed E-state index contributed by atoms with van der Waals surface area (Å²) in [5.74, 6) is -1.24. The summed E-state index contributed by atoms with van der Waals surface area (Å²) in [5, 5.41) is 9.59. The number of aromatic nitrogens is 1. The highest BCUT2D eigenvalue weighted by molar-refractivity contribution is 7.91. The number of carbonyl (C=O) groups is 1. The van der Waals surface area contributed by atoms with Crippen LogP contribution in [0.25, 0.3) is 0 Å². The number of hydrogen-bond donors (Lipinski definition) is 3. The van der Waals surface area contributed by atoms with E-state index in [1.807, 2.05) is 0 Å². The number of benzene rings is 1. The monoisotopic (exact) mass is 409 g/mol. The third-order valence-electron chi connectivity index (χ3n) is 3.63. The Hall–Kier alpha value is -2.82. The van der Waals surface area contributed by atoms with E-state index in [9.17, 15) is 17.6 Å². The number of nitrogens with one attached hydrogen (secondary N) is 2. The average Bonchev–Trinajstić information content (AvgIpc) is 2.68. The molecule has 0 fully saturated rings. The third kappa shape index (κ3) is 5.59. The number of amides is 1. The quantitative estimate of drug-likeness (QED) is 0.180. The fourth-order valence-electron chi connectivity index (χ4n) is 2.29. The normalized spacial score (nSPS) is 12.2. The Balaban J connectivity index is 2.31. The molecular weight excluding hydrogens is 389 g/mol. The van der Waals surface area contributed by atoms with E-state index in [-0.39, 0.29) is 10.6 Å². The summed E-state index contributed by atoms with van der Waals surface area (Å²) in [6.45, 7) is 3.47. The van der Waals surface area contributed by atoms with Gasteiger partial charge < -0.3 is 4.74 Å². The maximum Gasteiger partial charge on any atom is 0.257 e. The minimum atomic E-state index is -4.09. The van der Waals surface area contributed by atoms with Gasteiger partial charge in [-0.2, -0.15) is 4.39 Å². The number of pyridine rings is 1. The van der Waals surface area contributed by atoms with E-state index in [1.54, 1.807) is 6.08 Å². The van der Waals surface area contributed by atoms with Crippen LogP contribution < -0.4 is 15.5 Å². The van der Waals surface area contributed by atoms with Crippen LogP contribution in [0.5, 0.6) is 5.75 Å². The molecule has 1 atom stereocenters. The zero-order valence-electron chi connectivity index (χ0n) is 14.8. The van der Waals surface area contributed by atoms with E-state index in [1.165, 1.54) is 41.9 Å². The fraction of sp³-hybridized carbons (Fsp3) is 0.222. The SMILES string of the molecule is C=CCCOc1ccc(S(=O)(=O)C(NCC(=O)NO)c2cccc(F)n2)cc1. The summed E-state index contributed by atoms with van der Waals surface area (Å²) >= 11 is 0. The lowest BCUT2D eigenvalue weighted by Gasteiger charge is -2.19. The molecule has 1 aromatic carbocycles. The summed E-state index contributed by atoms with van der Waals surface area (Å²) < 4.78 is 45.0. The van der Waals surface area contributed by atoms with E-state index in [0.29, 0.717) is 18.8 Å². The van der Waals surface area contributed by atoms with E-state index in [0.717, 1.165) is 6.07 Å². The van der Waals surface area contributed by atoms with Gasteiger partial charge in [-0.25, -0.2) is 18.9 Å². The highest BCUT2D eigenvalue weighted by atomic mass is 32.2. The Morgan fingerprint density at radius 3 is 2.61 bits per heavy atom. The fourth-order valence-corrected chi connectivity index (χ4v) is 3.83. The molecule has 2 aromatic rings. The minimum Gasteiger partial charge on any atom is -0.493 e. The lowest BCUT2D eigenvalue weighted by Crippen LogP contribution is -2.37. The first-order chi connectivity index (χ1) is 13.4. The van der Waals surface area contributed by atoms with E-state index in [2.05, 4.69) is 16.9 Å². The van der Waals surface area contributed by atoms with E-state index >= 15 is 0 Å². The van der Waals surface area contributed by atoms with Crippen LogP contribution in [0.1, 0.15) is 17.5 Å². The van der Waals surface area contributed by atoms with Crippen LogP contribution in [-0.4, -0.2) is 37.7 Å². The summed E-state index contributed by atoms with van der Waals surface area (Å²) in [6.07, 6.45) is 2.34. The zero-order chi connectivity index (χ0) is 20.6. The average molecular weight is 409 g/mol. The van der Waals surface area contributed by atoms with Crippen molar-refractivity contribution in [1.82, 2.24) is 15.8 Å². The zero-order valence-corrected chi connectivity index (χ0v) is 15.7. The number of halogens is 1. The highest BCUT2D eigenvalue weighted by Gasteiger charge is 2.31. The van der Waals surface area contributed by atoms with Gasteiger partial charge in [0.2, 0.25) is 5.95 Å². The topological polar surface area (TPSA) is 118 Å². The lowest BCUT2D eigenvalue weighted by molar-refractivity contribution is -0.128. The Bertz CT molecular complexity index is 919. The first kappa shape index (κ1) is 21.5. The van der Waals surface area contributed by atoms with Gasteiger partial charge in [-0.15, -0.1) is 6.58 Å². The molecule has 1 amide bonds. The van der Waals surface area contributed by atoms with Gasteiger partial charge in [0.25, 0.3) is 5.91 Å². The molecule has 2 rings (SSSR count). The van der Waals surface area contributed by atoms with Crippen LogP contribution >= 0.6 is 0 Å². The summed E-state index contributed by atoms with van der Waals surface area (Å²) in [7, 11) is -4.09. The predicted octanol–water partition coefficient (Wildman–Crippen LogP) is 1.74. The molecule has 1 aromatic heterocycles. The highest BCUT2D eigenvalue weighted by Crippen LogP contribution is 2.27. The molecule has 150 valence electrons. The minimum absolute atomic E-state index is 0.0726. The molecule has 0 aliphatic carbocycles. The Labute approximate surface area is 161 Å². The molecule has 0 radical (unpaired) electrons. The first-order valence-electron chi connectivity index (χ1n) is 8.25. The molecule has 0 aliphatic rings. The second-order valence-electron chi connectivity index (χ2n) is 5.62. The molecule has 8 nitrogen and oxygen atoms in total. The van der Waals surface area contributed by atoms with Gasteiger partial charge in [-0.1, -0.05) is 12.1 Å². The van der Waals surface area contributed by atoms with Crippen LogP contribution in [-0.2, 0) is 14.6 Å². The number of ether oxygens (including phenoxy) is 1. The van der Waals surface area contributed by atoms with Gasteiger partial charge >= 0.3 is 0 Å². The Morgan fingerprint density at radius 1 is 1.29 bits per heavy atom. The number of sulfone groups is 1. The van der Waals surface area contributed by atoms with Crippen molar-refractivity contribution in [3.8, 4) is 5.75 Å². The summed E-state index contributed by atoms with van der Waals surface area (Å²) in [5.41, 5.74) is 1.26. The molecular formula is C18H20FN3O5S. The predicted molar refractivity (Wildman–Crippen MR) is 98.8 cm³/mol. The van der Waals surface area contributed by atoms with Gasteiger partial charge in [-0.05, 0) is 42.8 Å². The molecule has 0 bridgehead atoms. The van der Waals surface area contributed by atoms with Gasteiger partial charge in [0.05, 0.1) is 23.7 Å². The molecule has 0 saturated heterocycles. The molecule has 1 heterocycles. The van der Waals surface area contributed by atoms with Crippen molar-refractivity contribution in [2.24, 2.45) is 0 Å². The summed E-state index contributed by atoms with van der Waals surface area (Å²) in [4.78, 5) is 14.8. The first-order valence-corrected chi connectivity index (χ1v) is 9.79. The second-order valence-corrected chi connectivity index (χ2v) is 7.66. The van der Waals surface area contributed by atoms with Gasteiger partial charge in [0.15, 0.2) is 15.2 Å². The molecule has 3 N–H and O–H groups in total. The van der Waals surface area contributed by atoms with Crippen LogP contribution in [0.2, 0.25) is 0 Å². The third-order valence-corrected chi connectivity index (χ3v) is 5.59. The smallest absolute Gasteiger partial charge is 0.257 e. The van der Waals surface area contributed by atoms with Crippen molar-refractivity contribution in [2.45, 2.75) is 16.7 Å². The van der Waals surface area contributed by atoms with Crippen molar-refractivity contribution in [2.75, 3.05) is 13.2 Å². The molecule has 0 spiro atoms. The number of hydroxylamine groups is 1. The molecule has 0 saturated carbocycles. The molecule has 10 heteroatoms. The number of nitrogens with zero attached hydrogens (tertiary/aromatic N) is 1. The maximum atomic E-state index is 13.5. The molecule has 28 heavy (non-hydrogen) atoms.